The smallest absolute Gasteiger partial charge is 0.222 e. The fourth-order valence-corrected chi connectivity index (χ4v) is 3.65. The molecule has 140 valence electrons. The first-order chi connectivity index (χ1) is 12.5. The average molecular weight is 356 g/mol. The molecule has 0 N–H and O–H groups in total. The van der Waals surface area contributed by atoms with Crippen LogP contribution < -0.4 is 4.90 Å². The summed E-state index contributed by atoms with van der Waals surface area (Å²) in [5.74, 6) is 1.61. The van der Waals surface area contributed by atoms with Gasteiger partial charge < -0.3 is 9.80 Å². The first-order valence-electron chi connectivity index (χ1n) is 9.26. The summed E-state index contributed by atoms with van der Waals surface area (Å²) < 4.78 is 1.84. The van der Waals surface area contributed by atoms with Crippen LogP contribution in [0.3, 0.4) is 0 Å². The van der Waals surface area contributed by atoms with Crippen molar-refractivity contribution in [2.24, 2.45) is 13.0 Å². The summed E-state index contributed by atoms with van der Waals surface area (Å²) in [6, 6.07) is 1.98. The third-order valence-electron chi connectivity index (χ3n) is 5.05. The highest BCUT2D eigenvalue weighted by Gasteiger charge is 2.25. The van der Waals surface area contributed by atoms with E-state index in [0.717, 1.165) is 56.0 Å². The van der Waals surface area contributed by atoms with Gasteiger partial charge in [0.1, 0.15) is 5.82 Å². The second kappa shape index (κ2) is 8.29. The monoisotopic (exact) mass is 356 g/mol. The number of likely N-dealkylation sites (tertiary alicyclic amines) is 1. The number of hydrogen-bond acceptors (Lipinski definition) is 5. The zero-order valence-corrected chi connectivity index (χ0v) is 15.9. The van der Waals surface area contributed by atoms with Gasteiger partial charge in [0.15, 0.2) is 0 Å². The zero-order chi connectivity index (χ0) is 18.5. The number of aromatic nitrogens is 4. The van der Waals surface area contributed by atoms with E-state index in [2.05, 4.69) is 15.1 Å². The molecular formula is C19H28N6O. The number of hydrogen-bond donors (Lipinski definition) is 0. The van der Waals surface area contributed by atoms with Crippen LogP contribution in [0.25, 0.3) is 0 Å². The van der Waals surface area contributed by atoms with Gasteiger partial charge in [-0.25, -0.2) is 4.98 Å². The van der Waals surface area contributed by atoms with Crippen molar-refractivity contribution in [3.63, 3.8) is 0 Å². The second-order valence-corrected chi connectivity index (χ2v) is 7.22. The third-order valence-corrected chi connectivity index (χ3v) is 5.05. The molecule has 3 heterocycles. The molecule has 1 amide bonds. The molecule has 0 aliphatic carbocycles. The SMILES string of the molecule is CN(C)c1nccnc1C[C@@H]1CCCN(C(=O)CCc2ccnn2C)C1. The van der Waals surface area contributed by atoms with E-state index >= 15 is 0 Å². The molecule has 0 saturated carbocycles. The lowest BCUT2D eigenvalue weighted by molar-refractivity contribution is -0.133. The van der Waals surface area contributed by atoms with Crippen LogP contribution >= 0.6 is 0 Å². The highest BCUT2D eigenvalue weighted by atomic mass is 16.2. The Morgan fingerprint density at radius 3 is 2.81 bits per heavy atom. The molecule has 7 heteroatoms. The van der Waals surface area contributed by atoms with Crippen molar-refractivity contribution in [1.82, 2.24) is 24.6 Å². The van der Waals surface area contributed by atoms with Gasteiger partial charge in [-0.2, -0.15) is 5.10 Å². The van der Waals surface area contributed by atoms with Gasteiger partial charge in [0.25, 0.3) is 0 Å². The summed E-state index contributed by atoms with van der Waals surface area (Å²) in [4.78, 5) is 25.6. The number of amides is 1. The number of carbonyl (C=O) groups is 1. The molecular weight excluding hydrogens is 328 g/mol. The fraction of sp³-hybridized carbons (Fsp3) is 0.579. The minimum atomic E-state index is 0.239. The quantitative estimate of drug-likeness (QED) is 0.788. The van der Waals surface area contributed by atoms with E-state index in [0.29, 0.717) is 12.3 Å². The number of piperidine rings is 1. The predicted molar refractivity (Wildman–Crippen MR) is 101 cm³/mol. The van der Waals surface area contributed by atoms with Crippen LogP contribution in [0, 0.1) is 5.92 Å². The van der Waals surface area contributed by atoms with Crippen LogP contribution in [0.5, 0.6) is 0 Å². The Hall–Kier alpha value is -2.44. The lowest BCUT2D eigenvalue weighted by Gasteiger charge is -2.33. The van der Waals surface area contributed by atoms with Gasteiger partial charge in [0.05, 0.1) is 5.69 Å². The molecule has 2 aromatic rings. The van der Waals surface area contributed by atoms with Gasteiger partial charge in [-0.3, -0.25) is 14.5 Å². The van der Waals surface area contributed by atoms with E-state index in [1.165, 1.54) is 0 Å². The number of carbonyl (C=O) groups excluding carboxylic acids is 1. The van der Waals surface area contributed by atoms with E-state index in [1.54, 1.807) is 18.6 Å². The Kier molecular flexibility index (Phi) is 5.85. The lowest BCUT2D eigenvalue weighted by atomic mass is 9.93. The minimum Gasteiger partial charge on any atom is -0.361 e. The maximum atomic E-state index is 12.6. The topological polar surface area (TPSA) is 67.2 Å². The summed E-state index contributed by atoms with van der Waals surface area (Å²) in [7, 11) is 5.89. The maximum absolute atomic E-state index is 12.6. The van der Waals surface area contributed by atoms with Gasteiger partial charge in [0.2, 0.25) is 5.91 Å². The molecule has 1 saturated heterocycles. The Bertz CT molecular complexity index is 741. The molecule has 7 nitrogen and oxygen atoms in total. The summed E-state index contributed by atoms with van der Waals surface area (Å²) in [6.45, 7) is 1.68. The molecule has 3 rings (SSSR count). The highest BCUT2D eigenvalue weighted by molar-refractivity contribution is 5.76. The maximum Gasteiger partial charge on any atom is 0.222 e. The molecule has 0 bridgehead atoms. The van der Waals surface area contributed by atoms with E-state index in [9.17, 15) is 4.79 Å². The first-order valence-corrected chi connectivity index (χ1v) is 9.26. The van der Waals surface area contributed by atoms with Gasteiger partial charge in [-0.05, 0) is 37.7 Å². The van der Waals surface area contributed by atoms with Gasteiger partial charge >= 0.3 is 0 Å². The normalized spacial score (nSPS) is 17.3. The molecule has 2 aromatic heterocycles. The average Bonchev–Trinajstić information content (AvgIpc) is 3.05. The standard InChI is InChI=1S/C19H28N6O/c1-23(2)19-17(20-10-11-21-19)13-15-5-4-12-25(14-15)18(26)7-6-16-8-9-22-24(16)3/h8-11,15H,4-7,12-14H2,1-3H3/t15-/m0/s1. The number of aryl methyl sites for hydroxylation is 2. The fourth-order valence-electron chi connectivity index (χ4n) is 3.65. The second-order valence-electron chi connectivity index (χ2n) is 7.22. The first kappa shape index (κ1) is 18.4. The highest BCUT2D eigenvalue weighted by Crippen LogP contribution is 2.24. The molecule has 1 aliphatic rings. The van der Waals surface area contributed by atoms with Gasteiger partial charge in [-0.1, -0.05) is 0 Å². The number of rotatable bonds is 6. The molecule has 1 fully saturated rings. The number of anilines is 1. The molecule has 0 spiro atoms. The van der Waals surface area contributed by atoms with E-state index in [-0.39, 0.29) is 5.91 Å². The summed E-state index contributed by atoms with van der Waals surface area (Å²) in [5, 5.41) is 4.16. The molecule has 1 atom stereocenters. The van der Waals surface area contributed by atoms with Crippen LogP contribution in [0.15, 0.2) is 24.7 Å². The summed E-state index contributed by atoms with van der Waals surface area (Å²) in [5.41, 5.74) is 2.12. The third kappa shape index (κ3) is 4.39. The van der Waals surface area contributed by atoms with Crippen molar-refractivity contribution in [2.45, 2.75) is 32.1 Å². The van der Waals surface area contributed by atoms with Crippen molar-refractivity contribution in [3.05, 3.63) is 36.0 Å². The van der Waals surface area contributed by atoms with Gasteiger partial charge in [-0.15, -0.1) is 0 Å². The van der Waals surface area contributed by atoms with Crippen molar-refractivity contribution in [2.75, 3.05) is 32.1 Å². The molecule has 1 aliphatic heterocycles. The zero-order valence-electron chi connectivity index (χ0n) is 15.9. The molecule has 0 radical (unpaired) electrons. The van der Waals surface area contributed by atoms with Crippen molar-refractivity contribution >= 4 is 11.7 Å². The van der Waals surface area contributed by atoms with E-state index in [4.69, 9.17) is 0 Å². The van der Waals surface area contributed by atoms with E-state index in [1.807, 2.05) is 41.7 Å². The van der Waals surface area contributed by atoms with Gasteiger partial charge in [0, 0.05) is 64.9 Å². The Balaban J connectivity index is 1.57. The summed E-state index contributed by atoms with van der Waals surface area (Å²) >= 11 is 0. The molecule has 0 aromatic carbocycles. The number of nitrogens with zero attached hydrogens (tertiary/aromatic N) is 6. The van der Waals surface area contributed by atoms with Crippen molar-refractivity contribution < 1.29 is 4.79 Å². The largest absolute Gasteiger partial charge is 0.361 e. The predicted octanol–water partition coefficient (Wildman–Crippen LogP) is 1.69. The summed E-state index contributed by atoms with van der Waals surface area (Å²) in [6.07, 6.45) is 9.60. The van der Waals surface area contributed by atoms with Crippen LogP contribution in [0.4, 0.5) is 5.82 Å². The Labute approximate surface area is 155 Å². The van der Waals surface area contributed by atoms with Crippen molar-refractivity contribution in [1.29, 1.82) is 0 Å². The van der Waals surface area contributed by atoms with Crippen LogP contribution in [0.2, 0.25) is 0 Å². The molecule has 0 unspecified atom stereocenters. The van der Waals surface area contributed by atoms with Crippen LogP contribution in [0.1, 0.15) is 30.7 Å². The van der Waals surface area contributed by atoms with Crippen LogP contribution in [-0.4, -0.2) is 57.7 Å². The lowest BCUT2D eigenvalue weighted by Crippen LogP contribution is -2.40. The van der Waals surface area contributed by atoms with Crippen LogP contribution in [-0.2, 0) is 24.7 Å². The van der Waals surface area contributed by atoms with Crippen molar-refractivity contribution in [3.8, 4) is 0 Å². The molecule has 26 heavy (non-hydrogen) atoms. The van der Waals surface area contributed by atoms with E-state index < -0.39 is 0 Å². The minimum absolute atomic E-state index is 0.239. The Morgan fingerprint density at radius 2 is 2.08 bits per heavy atom. The Morgan fingerprint density at radius 1 is 1.27 bits per heavy atom.